The van der Waals surface area contributed by atoms with E-state index in [4.69, 9.17) is 32.7 Å². The molecular weight excluding hydrogens is 453 g/mol. The topological polar surface area (TPSA) is 85.7 Å². The molecule has 0 spiro atoms. The van der Waals surface area contributed by atoms with Crippen molar-refractivity contribution in [2.24, 2.45) is 5.10 Å². The molecule has 4 rings (SSSR count). The van der Waals surface area contributed by atoms with Gasteiger partial charge < -0.3 is 14.5 Å². The fraction of sp³-hybridized carbons (Fsp3) is 0.0870. The van der Waals surface area contributed by atoms with E-state index in [0.29, 0.717) is 33.0 Å². The molecule has 7 nitrogen and oxygen atoms in total. The normalized spacial score (nSPS) is 11.2. The highest BCUT2D eigenvalue weighted by Gasteiger charge is 2.13. The minimum Gasteiger partial charge on any atom is -0.493 e. The molecule has 0 saturated carbocycles. The number of hydrogen-bond acceptors (Lipinski definition) is 5. The molecule has 0 fully saturated rings. The molecule has 0 aliphatic rings. The van der Waals surface area contributed by atoms with E-state index in [1.54, 1.807) is 42.5 Å². The molecule has 0 bridgehead atoms. The van der Waals surface area contributed by atoms with Gasteiger partial charge in [0, 0.05) is 10.6 Å². The largest absolute Gasteiger partial charge is 0.493 e. The van der Waals surface area contributed by atoms with Crippen molar-refractivity contribution in [2.45, 2.75) is 6.61 Å². The summed E-state index contributed by atoms with van der Waals surface area (Å²) < 4.78 is 12.0. The maximum absolute atomic E-state index is 12.6. The number of hydrogen-bond donors (Lipinski definition) is 1. The van der Waals surface area contributed by atoms with E-state index in [1.807, 2.05) is 18.2 Å². The second-order valence-corrected chi connectivity index (χ2v) is 7.57. The van der Waals surface area contributed by atoms with Gasteiger partial charge in [0.15, 0.2) is 11.5 Å². The Kier molecular flexibility index (Phi) is 6.30. The van der Waals surface area contributed by atoms with E-state index < -0.39 is 11.2 Å². The number of rotatable bonds is 6. The maximum atomic E-state index is 12.6. The highest BCUT2D eigenvalue weighted by Crippen LogP contribution is 2.37. The first kappa shape index (κ1) is 21.7. The van der Waals surface area contributed by atoms with Gasteiger partial charge in [0.2, 0.25) is 0 Å². The summed E-state index contributed by atoms with van der Waals surface area (Å²) in [5, 5.41) is 5.25. The second-order valence-electron chi connectivity index (χ2n) is 6.75. The fourth-order valence-corrected chi connectivity index (χ4v) is 3.57. The van der Waals surface area contributed by atoms with Gasteiger partial charge in [0.1, 0.15) is 6.61 Å². The van der Waals surface area contributed by atoms with Gasteiger partial charge in [-0.3, -0.25) is 4.79 Å². The van der Waals surface area contributed by atoms with Gasteiger partial charge in [-0.1, -0.05) is 53.5 Å². The van der Waals surface area contributed by atoms with Gasteiger partial charge in [-0.15, -0.1) is 4.68 Å². The van der Waals surface area contributed by atoms with Crippen LogP contribution in [0.25, 0.3) is 10.9 Å². The second kappa shape index (κ2) is 9.30. The third-order valence-electron chi connectivity index (χ3n) is 4.69. The average molecular weight is 470 g/mol. The van der Waals surface area contributed by atoms with Crippen molar-refractivity contribution in [1.29, 1.82) is 0 Å². The molecule has 0 aliphatic heterocycles. The van der Waals surface area contributed by atoms with Gasteiger partial charge in [0.05, 0.1) is 29.2 Å². The fourth-order valence-electron chi connectivity index (χ4n) is 3.10. The van der Waals surface area contributed by atoms with Crippen molar-refractivity contribution in [3.63, 3.8) is 0 Å². The van der Waals surface area contributed by atoms with Gasteiger partial charge in [-0.2, -0.15) is 5.10 Å². The summed E-state index contributed by atoms with van der Waals surface area (Å²) in [7, 11) is 1.48. The summed E-state index contributed by atoms with van der Waals surface area (Å²) in [6.07, 6.45) is 1.34. The summed E-state index contributed by atoms with van der Waals surface area (Å²) >= 11 is 12.6. The van der Waals surface area contributed by atoms with E-state index in [9.17, 15) is 9.59 Å². The van der Waals surface area contributed by atoms with Crippen LogP contribution in [0.5, 0.6) is 11.5 Å². The molecule has 1 N–H and O–H groups in total. The van der Waals surface area contributed by atoms with E-state index in [2.05, 4.69) is 10.1 Å². The molecule has 0 saturated heterocycles. The molecule has 0 radical (unpaired) electrons. The number of para-hydroxylation sites is 1. The number of benzene rings is 3. The third kappa shape index (κ3) is 4.39. The lowest BCUT2D eigenvalue weighted by Crippen LogP contribution is -2.32. The number of nitrogens with one attached hydrogen (secondary N) is 1. The van der Waals surface area contributed by atoms with Crippen molar-refractivity contribution >= 4 is 40.3 Å². The predicted octanol–water partition coefficient (Wildman–Crippen LogP) is 4.47. The number of H-pyrrole nitrogens is 1. The molecule has 1 aromatic heterocycles. The lowest BCUT2D eigenvalue weighted by atomic mass is 10.2. The van der Waals surface area contributed by atoms with Gasteiger partial charge in [-0.25, -0.2) is 4.79 Å². The SMILES string of the molecule is COc1cc(C=Nn2c(=O)[nH]c3ccccc3c2=O)cc(Cl)c1OCc1ccccc1Cl. The number of nitrogens with zero attached hydrogens (tertiary/aromatic N) is 2. The van der Waals surface area contributed by atoms with Crippen LogP contribution in [0.3, 0.4) is 0 Å². The van der Waals surface area contributed by atoms with E-state index in [0.717, 1.165) is 10.2 Å². The molecule has 3 aromatic carbocycles. The van der Waals surface area contributed by atoms with Crippen LogP contribution in [0.1, 0.15) is 11.1 Å². The Morgan fingerprint density at radius 2 is 1.78 bits per heavy atom. The van der Waals surface area contributed by atoms with Gasteiger partial charge in [0.25, 0.3) is 5.56 Å². The van der Waals surface area contributed by atoms with Crippen LogP contribution < -0.4 is 20.7 Å². The van der Waals surface area contributed by atoms with Crippen molar-refractivity contribution < 1.29 is 9.47 Å². The lowest BCUT2D eigenvalue weighted by Gasteiger charge is -2.14. The van der Waals surface area contributed by atoms with E-state index in [1.165, 1.54) is 13.3 Å². The number of ether oxygens (including phenoxy) is 2. The molecule has 0 unspecified atom stereocenters. The molecule has 1 heterocycles. The summed E-state index contributed by atoms with van der Waals surface area (Å²) in [6.45, 7) is 0.199. The smallest absolute Gasteiger partial charge is 0.349 e. The summed E-state index contributed by atoms with van der Waals surface area (Å²) in [6, 6.07) is 17.3. The quantitative estimate of drug-likeness (QED) is 0.422. The standard InChI is InChI=1S/C23H17Cl2N3O4/c1-31-20-11-14(10-18(25)21(20)32-13-15-6-2-4-8-17(15)24)12-26-28-22(29)16-7-3-5-9-19(16)27-23(28)30/h2-12H,13H2,1H3,(H,27,30). The van der Waals surface area contributed by atoms with Crippen LogP contribution in [0.4, 0.5) is 0 Å². The van der Waals surface area contributed by atoms with Crippen molar-refractivity contribution in [1.82, 2.24) is 9.66 Å². The third-order valence-corrected chi connectivity index (χ3v) is 5.34. The molecule has 0 atom stereocenters. The molecule has 9 heteroatoms. The zero-order chi connectivity index (χ0) is 22.7. The minimum absolute atomic E-state index is 0.199. The molecule has 0 amide bonds. The Morgan fingerprint density at radius 1 is 1.03 bits per heavy atom. The number of fused-ring (bicyclic) bond motifs is 1. The van der Waals surface area contributed by atoms with Crippen molar-refractivity contribution in [2.75, 3.05) is 7.11 Å². The zero-order valence-corrected chi connectivity index (χ0v) is 18.4. The number of aromatic nitrogens is 2. The van der Waals surface area contributed by atoms with Crippen LogP contribution in [-0.4, -0.2) is 23.0 Å². The lowest BCUT2D eigenvalue weighted by molar-refractivity contribution is 0.285. The van der Waals surface area contributed by atoms with Crippen molar-refractivity contribution in [3.05, 3.63) is 103 Å². The van der Waals surface area contributed by atoms with E-state index >= 15 is 0 Å². The van der Waals surface area contributed by atoms with Crippen LogP contribution in [0.2, 0.25) is 10.0 Å². The summed E-state index contributed by atoms with van der Waals surface area (Å²) in [4.78, 5) is 27.5. The Labute approximate surface area is 192 Å². The monoisotopic (exact) mass is 469 g/mol. The Bertz CT molecular complexity index is 1440. The van der Waals surface area contributed by atoms with Crippen molar-refractivity contribution in [3.8, 4) is 11.5 Å². The van der Waals surface area contributed by atoms with Crippen LogP contribution in [-0.2, 0) is 6.61 Å². The Hall–Kier alpha value is -3.55. The Balaban J connectivity index is 1.64. The maximum Gasteiger partial charge on any atom is 0.349 e. The molecule has 4 aromatic rings. The summed E-state index contributed by atoms with van der Waals surface area (Å²) in [5.74, 6) is 0.706. The first-order valence-corrected chi connectivity index (χ1v) is 10.3. The average Bonchev–Trinajstić information content (AvgIpc) is 2.79. The van der Waals surface area contributed by atoms with Gasteiger partial charge >= 0.3 is 5.69 Å². The number of aromatic amines is 1. The summed E-state index contributed by atoms with van der Waals surface area (Å²) in [5.41, 5.74) is 0.573. The molecule has 32 heavy (non-hydrogen) atoms. The van der Waals surface area contributed by atoms with E-state index in [-0.39, 0.29) is 11.6 Å². The Morgan fingerprint density at radius 3 is 2.56 bits per heavy atom. The predicted molar refractivity (Wildman–Crippen MR) is 126 cm³/mol. The number of halogens is 2. The molecular formula is C23H17Cl2N3O4. The minimum atomic E-state index is -0.650. The highest BCUT2D eigenvalue weighted by molar-refractivity contribution is 6.32. The van der Waals surface area contributed by atoms with Crippen LogP contribution in [0.15, 0.2) is 75.4 Å². The molecule has 162 valence electrons. The van der Waals surface area contributed by atoms with Crippen LogP contribution in [0, 0.1) is 0 Å². The first-order chi connectivity index (χ1) is 15.5. The highest BCUT2D eigenvalue weighted by atomic mass is 35.5. The first-order valence-electron chi connectivity index (χ1n) is 9.50. The van der Waals surface area contributed by atoms with Gasteiger partial charge in [-0.05, 0) is 35.9 Å². The molecule has 0 aliphatic carbocycles. The van der Waals surface area contributed by atoms with Crippen LogP contribution >= 0.6 is 23.2 Å². The zero-order valence-electron chi connectivity index (χ0n) is 16.8. The number of methoxy groups -OCH3 is 1.